The van der Waals surface area contributed by atoms with Crippen molar-refractivity contribution in [1.29, 1.82) is 0 Å². The second kappa shape index (κ2) is 8.91. The summed E-state index contributed by atoms with van der Waals surface area (Å²) >= 11 is 5.91. The van der Waals surface area contributed by atoms with Gasteiger partial charge < -0.3 is 10.1 Å². The third-order valence-corrected chi connectivity index (χ3v) is 4.93. The zero-order chi connectivity index (χ0) is 19.2. The van der Waals surface area contributed by atoms with Crippen molar-refractivity contribution in [3.05, 3.63) is 59.1 Å². The van der Waals surface area contributed by atoms with Crippen LogP contribution in [0.2, 0.25) is 5.02 Å². The highest BCUT2D eigenvalue weighted by atomic mass is 35.5. The van der Waals surface area contributed by atoms with Crippen LogP contribution >= 0.6 is 11.6 Å². The van der Waals surface area contributed by atoms with Crippen LogP contribution in [0.1, 0.15) is 5.56 Å². The van der Waals surface area contributed by atoms with Crippen LogP contribution in [0.15, 0.2) is 48.5 Å². The zero-order valence-electron chi connectivity index (χ0n) is 14.6. The van der Waals surface area contributed by atoms with Gasteiger partial charge in [0.15, 0.2) is 0 Å². The van der Waals surface area contributed by atoms with Crippen LogP contribution < -0.4 is 14.4 Å². The molecular weight excluding hydrogens is 376 g/mol. The highest BCUT2D eigenvalue weighted by Crippen LogP contribution is 2.21. The third kappa shape index (κ3) is 5.93. The number of ether oxygens (including phenoxy) is 1. The molecule has 8 heteroatoms. The summed E-state index contributed by atoms with van der Waals surface area (Å²) in [6, 6.07) is 13.9. The molecule has 0 saturated carbocycles. The summed E-state index contributed by atoms with van der Waals surface area (Å²) in [5.74, 6) is 0.322. The van der Waals surface area contributed by atoms with Gasteiger partial charge in [-0.3, -0.25) is 9.10 Å². The van der Waals surface area contributed by atoms with Crippen molar-refractivity contribution >= 4 is 33.2 Å². The van der Waals surface area contributed by atoms with Gasteiger partial charge in [0.25, 0.3) is 0 Å². The lowest BCUT2D eigenvalue weighted by molar-refractivity contribution is -0.119. The summed E-state index contributed by atoms with van der Waals surface area (Å²) in [7, 11) is -3.63. The molecule has 1 N–H and O–H groups in total. The van der Waals surface area contributed by atoms with Gasteiger partial charge in [-0.05, 0) is 36.8 Å². The molecule has 0 unspecified atom stereocenters. The summed E-state index contributed by atoms with van der Waals surface area (Å²) in [5.41, 5.74) is 1.34. The second-order valence-electron chi connectivity index (χ2n) is 5.71. The smallest absolute Gasteiger partial charge is 0.240 e. The number of carbonyl (C=O) groups is 1. The molecule has 0 atom stereocenters. The minimum absolute atomic E-state index is 0.264. The number of benzene rings is 2. The van der Waals surface area contributed by atoms with Gasteiger partial charge in [-0.25, -0.2) is 8.42 Å². The van der Waals surface area contributed by atoms with E-state index in [0.29, 0.717) is 10.7 Å². The van der Waals surface area contributed by atoms with Crippen LogP contribution in [0.4, 0.5) is 5.69 Å². The van der Waals surface area contributed by atoms with Crippen LogP contribution in [-0.2, 0) is 14.8 Å². The van der Waals surface area contributed by atoms with E-state index in [4.69, 9.17) is 16.3 Å². The number of hydrogen-bond acceptors (Lipinski definition) is 4. The molecule has 26 heavy (non-hydrogen) atoms. The maximum atomic E-state index is 12.1. The summed E-state index contributed by atoms with van der Waals surface area (Å²) in [6.07, 6.45) is 1.04. The molecule has 0 heterocycles. The number of nitrogens with one attached hydrogen (secondary N) is 1. The van der Waals surface area contributed by atoms with Gasteiger partial charge in [-0.1, -0.05) is 35.9 Å². The van der Waals surface area contributed by atoms with Crippen LogP contribution in [0, 0.1) is 6.92 Å². The summed E-state index contributed by atoms with van der Waals surface area (Å²) in [4.78, 5) is 12.1. The number of hydrogen-bond donors (Lipinski definition) is 1. The first-order valence-electron chi connectivity index (χ1n) is 7.96. The van der Waals surface area contributed by atoms with E-state index in [9.17, 15) is 13.2 Å². The van der Waals surface area contributed by atoms with Gasteiger partial charge in [0.1, 0.15) is 18.9 Å². The van der Waals surface area contributed by atoms with Crippen LogP contribution in [-0.4, -0.2) is 40.3 Å². The second-order valence-corrected chi connectivity index (χ2v) is 8.06. The average Bonchev–Trinajstić information content (AvgIpc) is 2.57. The first-order valence-corrected chi connectivity index (χ1v) is 10.2. The number of sulfonamides is 1. The van der Waals surface area contributed by atoms with E-state index >= 15 is 0 Å². The quantitative estimate of drug-likeness (QED) is 0.696. The molecule has 6 nitrogen and oxygen atoms in total. The topological polar surface area (TPSA) is 75.7 Å². The van der Waals surface area contributed by atoms with E-state index in [0.717, 1.165) is 21.9 Å². The van der Waals surface area contributed by atoms with Crippen LogP contribution in [0.3, 0.4) is 0 Å². The minimum atomic E-state index is -3.63. The molecule has 0 saturated heterocycles. The van der Waals surface area contributed by atoms with Crippen molar-refractivity contribution in [2.45, 2.75) is 6.92 Å². The highest BCUT2D eigenvalue weighted by molar-refractivity contribution is 7.92. The maximum Gasteiger partial charge on any atom is 0.240 e. The molecule has 0 spiro atoms. The Morgan fingerprint density at radius 3 is 2.58 bits per heavy atom. The molecule has 0 aliphatic rings. The van der Waals surface area contributed by atoms with Gasteiger partial charge in [0, 0.05) is 5.02 Å². The molecule has 0 radical (unpaired) electrons. The summed E-state index contributed by atoms with van der Waals surface area (Å²) < 4.78 is 30.6. The first-order chi connectivity index (χ1) is 12.3. The number of carbonyl (C=O) groups excluding carboxylic acids is 1. The Morgan fingerprint density at radius 2 is 1.92 bits per heavy atom. The van der Waals surface area contributed by atoms with Gasteiger partial charge in [0.05, 0.1) is 18.5 Å². The van der Waals surface area contributed by atoms with Crippen molar-refractivity contribution in [3.63, 3.8) is 0 Å². The Kier molecular flexibility index (Phi) is 6.88. The van der Waals surface area contributed by atoms with Gasteiger partial charge in [-0.15, -0.1) is 0 Å². The van der Waals surface area contributed by atoms with Crippen LogP contribution in [0.5, 0.6) is 5.75 Å². The van der Waals surface area contributed by atoms with E-state index in [-0.39, 0.29) is 19.7 Å². The fourth-order valence-corrected chi connectivity index (χ4v) is 3.32. The van der Waals surface area contributed by atoms with E-state index in [1.54, 1.807) is 18.2 Å². The number of aryl methyl sites for hydroxylation is 1. The maximum absolute atomic E-state index is 12.1. The van der Waals surface area contributed by atoms with Crippen molar-refractivity contribution < 1.29 is 17.9 Å². The average molecular weight is 397 g/mol. The third-order valence-electron chi connectivity index (χ3n) is 3.56. The molecule has 2 aromatic rings. The molecule has 0 aliphatic heterocycles. The Morgan fingerprint density at radius 1 is 1.19 bits per heavy atom. The number of amides is 1. The number of rotatable bonds is 8. The fraction of sp³-hybridized carbons (Fsp3) is 0.278. The van der Waals surface area contributed by atoms with Gasteiger partial charge in [-0.2, -0.15) is 0 Å². The van der Waals surface area contributed by atoms with E-state index in [1.807, 2.05) is 31.2 Å². The monoisotopic (exact) mass is 396 g/mol. The lowest BCUT2D eigenvalue weighted by Crippen LogP contribution is -2.41. The summed E-state index contributed by atoms with van der Waals surface area (Å²) in [6.45, 7) is 2.15. The standard InChI is InChI=1S/C18H21ClN2O4S/c1-14-6-3-4-9-17(14)25-11-10-20-18(22)13-21(26(2,23)24)16-8-5-7-15(19)12-16/h3-9,12H,10-11,13H2,1-2H3,(H,20,22). The first kappa shape index (κ1) is 20.1. The SMILES string of the molecule is Cc1ccccc1OCCNC(=O)CN(c1cccc(Cl)c1)S(C)(=O)=O. The Bertz CT molecular complexity index is 871. The molecule has 140 valence electrons. The number of para-hydroxylation sites is 1. The molecular formula is C18H21ClN2O4S. The van der Waals surface area contributed by atoms with Gasteiger partial charge in [0.2, 0.25) is 15.9 Å². The predicted octanol–water partition coefficient (Wildman–Crippen LogP) is 2.61. The predicted molar refractivity (Wildman–Crippen MR) is 103 cm³/mol. The highest BCUT2D eigenvalue weighted by Gasteiger charge is 2.20. The van der Waals surface area contributed by atoms with E-state index in [1.165, 1.54) is 6.07 Å². The molecule has 2 aromatic carbocycles. The lowest BCUT2D eigenvalue weighted by atomic mass is 10.2. The molecule has 2 rings (SSSR count). The number of anilines is 1. The molecule has 0 fully saturated rings. The van der Waals surface area contributed by atoms with Crippen molar-refractivity contribution in [2.75, 3.05) is 30.3 Å². The molecule has 1 amide bonds. The minimum Gasteiger partial charge on any atom is -0.491 e. The normalized spacial score (nSPS) is 11.0. The Balaban J connectivity index is 1.91. The van der Waals surface area contributed by atoms with Crippen molar-refractivity contribution in [3.8, 4) is 5.75 Å². The summed E-state index contributed by atoms with van der Waals surface area (Å²) in [5, 5.41) is 3.05. The molecule has 0 aromatic heterocycles. The lowest BCUT2D eigenvalue weighted by Gasteiger charge is -2.22. The number of halogens is 1. The Labute approximate surface area is 158 Å². The van der Waals surface area contributed by atoms with Crippen molar-refractivity contribution in [2.24, 2.45) is 0 Å². The molecule has 0 bridgehead atoms. The van der Waals surface area contributed by atoms with Gasteiger partial charge >= 0.3 is 0 Å². The largest absolute Gasteiger partial charge is 0.491 e. The molecule has 0 aliphatic carbocycles. The van der Waals surface area contributed by atoms with Crippen molar-refractivity contribution in [1.82, 2.24) is 5.32 Å². The Hall–Kier alpha value is -2.25. The zero-order valence-corrected chi connectivity index (χ0v) is 16.2. The van der Waals surface area contributed by atoms with Crippen LogP contribution in [0.25, 0.3) is 0 Å². The van der Waals surface area contributed by atoms with E-state index < -0.39 is 15.9 Å². The fourth-order valence-electron chi connectivity index (χ4n) is 2.29. The van der Waals surface area contributed by atoms with E-state index in [2.05, 4.69) is 5.32 Å². The number of nitrogens with zero attached hydrogens (tertiary/aromatic N) is 1.